The zero-order chi connectivity index (χ0) is 18.1. The van der Waals surface area contributed by atoms with Crippen LogP contribution in [-0.4, -0.2) is 41.5 Å². The van der Waals surface area contributed by atoms with Crippen LogP contribution in [0.1, 0.15) is 43.0 Å². The maximum atomic E-state index is 13.5. The van der Waals surface area contributed by atoms with E-state index in [1.54, 1.807) is 19.5 Å². The predicted octanol–water partition coefficient (Wildman–Crippen LogP) is 2.92. The van der Waals surface area contributed by atoms with E-state index in [0.29, 0.717) is 0 Å². The first kappa shape index (κ1) is 16.8. The molecule has 1 saturated heterocycles. The Labute approximate surface area is 153 Å². The fraction of sp³-hybridized carbons (Fsp3) is 0.450. The van der Waals surface area contributed by atoms with Crippen LogP contribution in [0.2, 0.25) is 0 Å². The fourth-order valence-electron chi connectivity index (χ4n) is 3.92. The molecule has 2 heterocycles. The maximum absolute atomic E-state index is 13.5. The molecule has 2 aromatic rings. The van der Waals surface area contributed by atoms with Crippen molar-refractivity contribution in [3.05, 3.63) is 47.9 Å². The number of hydrogen-bond acceptors (Lipinski definition) is 5. The van der Waals surface area contributed by atoms with Gasteiger partial charge in [0.05, 0.1) is 36.7 Å². The third-order valence-corrected chi connectivity index (χ3v) is 5.57. The van der Waals surface area contributed by atoms with Gasteiger partial charge in [0.2, 0.25) is 5.91 Å². The SMILES string of the molecule is CNc1cncc(C2CCCN2C(=O)C2(c3ccc(OC)cc3)CC2)n1. The minimum Gasteiger partial charge on any atom is -0.497 e. The summed E-state index contributed by atoms with van der Waals surface area (Å²) in [4.78, 5) is 24.4. The number of carbonyl (C=O) groups is 1. The lowest BCUT2D eigenvalue weighted by Crippen LogP contribution is -2.39. The van der Waals surface area contributed by atoms with Gasteiger partial charge in [0.15, 0.2) is 0 Å². The van der Waals surface area contributed by atoms with Crippen LogP contribution in [0.3, 0.4) is 0 Å². The van der Waals surface area contributed by atoms with E-state index in [1.807, 2.05) is 36.2 Å². The maximum Gasteiger partial charge on any atom is 0.233 e. The van der Waals surface area contributed by atoms with E-state index in [0.717, 1.165) is 55.1 Å². The van der Waals surface area contributed by atoms with Gasteiger partial charge in [-0.15, -0.1) is 0 Å². The van der Waals surface area contributed by atoms with Crippen LogP contribution in [0.5, 0.6) is 5.75 Å². The highest BCUT2D eigenvalue weighted by molar-refractivity contribution is 5.91. The van der Waals surface area contributed by atoms with Crippen molar-refractivity contribution in [1.82, 2.24) is 14.9 Å². The Kier molecular flexibility index (Phi) is 4.26. The first-order valence-corrected chi connectivity index (χ1v) is 9.13. The molecule has 1 unspecified atom stereocenters. The van der Waals surface area contributed by atoms with Crippen LogP contribution in [0.15, 0.2) is 36.7 Å². The molecule has 1 saturated carbocycles. The van der Waals surface area contributed by atoms with E-state index in [-0.39, 0.29) is 17.4 Å². The molecule has 1 atom stereocenters. The normalized spacial score (nSPS) is 20.7. The van der Waals surface area contributed by atoms with Gasteiger partial charge in [0.25, 0.3) is 0 Å². The van der Waals surface area contributed by atoms with Gasteiger partial charge in [0, 0.05) is 13.6 Å². The molecular weight excluding hydrogens is 328 g/mol. The van der Waals surface area contributed by atoms with Crippen molar-refractivity contribution < 1.29 is 9.53 Å². The van der Waals surface area contributed by atoms with Gasteiger partial charge in [0.1, 0.15) is 11.6 Å². The van der Waals surface area contributed by atoms with E-state index < -0.39 is 0 Å². The number of carbonyl (C=O) groups excluding carboxylic acids is 1. The molecule has 0 radical (unpaired) electrons. The molecule has 136 valence electrons. The van der Waals surface area contributed by atoms with Gasteiger partial charge in [-0.25, -0.2) is 4.98 Å². The van der Waals surface area contributed by atoms with Crippen LogP contribution in [0, 0.1) is 0 Å². The number of nitrogens with zero attached hydrogens (tertiary/aromatic N) is 3. The molecule has 1 aromatic carbocycles. The number of hydrogen-bond donors (Lipinski definition) is 1. The second-order valence-corrected chi connectivity index (χ2v) is 7.05. The summed E-state index contributed by atoms with van der Waals surface area (Å²) in [5.74, 6) is 1.77. The van der Waals surface area contributed by atoms with Crippen LogP contribution >= 0.6 is 0 Å². The van der Waals surface area contributed by atoms with Gasteiger partial charge in [-0.05, 0) is 43.4 Å². The number of ether oxygens (including phenoxy) is 1. The lowest BCUT2D eigenvalue weighted by atomic mass is 9.93. The summed E-state index contributed by atoms with van der Waals surface area (Å²) in [5.41, 5.74) is 1.58. The Balaban J connectivity index is 1.60. The molecule has 6 heteroatoms. The minimum absolute atomic E-state index is 0.0130. The average Bonchev–Trinajstić information content (AvgIpc) is 3.37. The molecule has 6 nitrogen and oxygen atoms in total. The van der Waals surface area contributed by atoms with Crippen molar-refractivity contribution in [3.8, 4) is 5.75 Å². The molecule has 26 heavy (non-hydrogen) atoms. The number of benzene rings is 1. The molecular formula is C20H24N4O2. The van der Waals surface area contributed by atoms with E-state index >= 15 is 0 Å². The average molecular weight is 352 g/mol. The van der Waals surface area contributed by atoms with Crippen LogP contribution in [-0.2, 0) is 10.2 Å². The highest BCUT2D eigenvalue weighted by Crippen LogP contribution is 2.51. The molecule has 2 fully saturated rings. The van der Waals surface area contributed by atoms with Gasteiger partial charge in [-0.1, -0.05) is 12.1 Å². The summed E-state index contributed by atoms with van der Waals surface area (Å²) in [6.45, 7) is 0.785. The Bertz CT molecular complexity index is 802. The van der Waals surface area contributed by atoms with Crippen molar-refractivity contribution in [2.75, 3.05) is 26.0 Å². The largest absolute Gasteiger partial charge is 0.497 e. The second kappa shape index (κ2) is 6.59. The van der Waals surface area contributed by atoms with Crippen LogP contribution in [0.4, 0.5) is 5.82 Å². The standard InChI is InChI=1S/C20H24N4O2/c1-21-18-13-22-12-16(23-18)17-4-3-11-24(17)19(25)20(9-10-20)14-5-7-15(26-2)8-6-14/h5-8,12-13,17H,3-4,9-11H2,1-2H3,(H,21,23). The molecule has 1 N–H and O–H groups in total. The van der Waals surface area contributed by atoms with Crippen LogP contribution in [0.25, 0.3) is 0 Å². The van der Waals surface area contributed by atoms with E-state index in [1.165, 1.54) is 0 Å². The summed E-state index contributed by atoms with van der Waals surface area (Å²) in [7, 11) is 3.48. The molecule has 1 aromatic heterocycles. The van der Waals surface area contributed by atoms with E-state index in [4.69, 9.17) is 4.74 Å². The van der Waals surface area contributed by atoms with Crippen molar-refractivity contribution in [1.29, 1.82) is 0 Å². The number of aromatic nitrogens is 2. The highest BCUT2D eigenvalue weighted by Gasteiger charge is 2.54. The van der Waals surface area contributed by atoms with Crippen molar-refractivity contribution in [2.24, 2.45) is 0 Å². The highest BCUT2D eigenvalue weighted by atomic mass is 16.5. The van der Waals surface area contributed by atoms with E-state index in [2.05, 4.69) is 15.3 Å². The number of amides is 1. The van der Waals surface area contributed by atoms with E-state index in [9.17, 15) is 4.79 Å². The molecule has 4 rings (SSSR count). The van der Waals surface area contributed by atoms with Crippen LogP contribution < -0.4 is 10.1 Å². The molecule has 1 aliphatic carbocycles. The fourth-order valence-corrected chi connectivity index (χ4v) is 3.92. The Hall–Kier alpha value is -2.63. The van der Waals surface area contributed by atoms with Crippen molar-refractivity contribution in [2.45, 2.75) is 37.1 Å². The summed E-state index contributed by atoms with van der Waals surface area (Å²) < 4.78 is 5.24. The number of likely N-dealkylation sites (tertiary alicyclic amines) is 1. The summed E-state index contributed by atoms with van der Waals surface area (Å²) in [5, 5.41) is 3.03. The lowest BCUT2D eigenvalue weighted by molar-refractivity contribution is -0.135. The lowest BCUT2D eigenvalue weighted by Gasteiger charge is -2.29. The summed E-state index contributed by atoms with van der Waals surface area (Å²) in [6, 6.07) is 7.93. The molecule has 1 aliphatic heterocycles. The first-order chi connectivity index (χ1) is 12.7. The number of anilines is 1. The van der Waals surface area contributed by atoms with Gasteiger partial charge >= 0.3 is 0 Å². The second-order valence-electron chi connectivity index (χ2n) is 7.05. The Morgan fingerprint density at radius 3 is 2.69 bits per heavy atom. The van der Waals surface area contributed by atoms with Gasteiger partial charge in [-0.2, -0.15) is 0 Å². The zero-order valence-corrected chi connectivity index (χ0v) is 15.2. The number of rotatable bonds is 5. The summed E-state index contributed by atoms with van der Waals surface area (Å²) >= 11 is 0. The van der Waals surface area contributed by atoms with Crippen molar-refractivity contribution >= 4 is 11.7 Å². The van der Waals surface area contributed by atoms with Gasteiger partial charge in [-0.3, -0.25) is 9.78 Å². The van der Waals surface area contributed by atoms with Gasteiger partial charge < -0.3 is 15.0 Å². The molecule has 0 spiro atoms. The number of methoxy groups -OCH3 is 1. The first-order valence-electron chi connectivity index (χ1n) is 9.13. The third kappa shape index (κ3) is 2.79. The molecule has 0 bridgehead atoms. The predicted molar refractivity (Wildman–Crippen MR) is 99.2 cm³/mol. The minimum atomic E-state index is -0.372. The third-order valence-electron chi connectivity index (χ3n) is 5.57. The topological polar surface area (TPSA) is 67.4 Å². The zero-order valence-electron chi connectivity index (χ0n) is 15.2. The number of nitrogens with one attached hydrogen (secondary N) is 1. The molecule has 1 amide bonds. The van der Waals surface area contributed by atoms with Crippen molar-refractivity contribution in [3.63, 3.8) is 0 Å². The Morgan fingerprint density at radius 1 is 1.27 bits per heavy atom. The smallest absolute Gasteiger partial charge is 0.233 e. The quantitative estimate of drug-likeness (QED) is 0.896. The Morgan fingerprint density at radius 2 is 2.04 bits per heavy atom. The molecule has 2 aliphatic rings. The monoisotopic (exact) mass is 352 g/mol. The summed E-state index contributed by atoms with van der Waals surface area (Å²) in [6.07, 6.45) is 7.23.